The zero-order chi connectivity index (χ0) is 6.62. The maximum Gasteiger partial charge on any atom is 0.256 e. The Hall–Kier alpha value is 0.490. The Morgan fingerprint density at radius 1 is 1.50 bits per heavy atom. The van der Waals surface area contributed by atoms with Crippen molar-refractivity contribution in [3.63, 3.8) is 0 Å². The summed E-state index contributed by atoms with van der Waals surface area (Å²) in [7, 11) is 1.18. The van der Waals surface area contributed by atoms with Gasteiger partial charge >= 0.3 is 0 Å². The van der Waals surface area contributed by atoms with E-state index in [1.54, 1.807) is 0 Å². The molecule has 8 heavy (non-hydrogen) atoms. The molecule has 0 N–H and O–H groups in total. The van der Waals surface area contributed by atoms with Crippen molar-refractivity contribution in [2.75, 3.05) is 12.0 Å². The Bertz CT molecular complexity index is 139. The highest BCUT2D eigenvalue weighted by atomic mass is 35.7. The average Bonchev–Trinajstić information content (AvgIpc) is 1.59. The van der Waals surface area contributed by atoms with Crippen LogP contribution in [0.5, 0.6) is 0 Å². The standard InChI is InChI=1S/C2H4Cl2O3S/c3-1-7-2-8(4,5)6/h1-2H2. The largest absolute Gasteiger partial charge is 0.349 e. The summed E-state index contributed by atoms with van der Waals surface area (Å²) in [4.78, 5) is 0. The number of hydrogen-bond donors (Lipinski definition) is 0. The summed E-state index contributed by atoms with van der Waals surface area (Å²) in [6.45, 7) is 0. The number of rotatable bonds is 3. The molecule has 0 atom stereocenters. The van der Waals surface area contributed by atoms with Crippen LogP contribution in [0.1, 0.15) is 0 Å². The highest BCUT2D eigenvalue weighted by Gasteiger charge is 2.02. The average molecular weight is 179 g/mol. The third kappa shape index (κ3) is 6.49. The van der Waals surface area contributed by atoms with E-state index in [2.05, 4.69) is 4.74 Å². The monoisotopic (exact) mass is 178 g/mol. The van der Waals surface area contributed by atoms with Gasteiger partial charge in [0.2, 0.25) is 0 Å². The van der Waals surface area contributed by atoms with Crippen LogP contribution in [-0.4, -0.2) is 20.4 Å². The first-order valence-corrected chi connectivity index (χ1v) is 4.63. The van der Waals surface area contributed by atoms with Crippen LogP contribution in [0, 0.1) is 0 Å². The molecule has 0 spiro atoms. The molecule has 0 radical (unpaired) electrons. The third-order valence-corrected chi connectivity index (χ3v) is 1.17. The lowest BCUT2D eigenvalue weighted by molar-refractivity contribution is 0.230. The second kappa shape index (κ2) is 3.50. The fraction of sp³-hybridized carbons (Fsp3) is 1.00. The number of halogens is 2. The normalized spacial score (nSPS) is 11.8. The van der Waals surface area contributed by atoms with Crippen LogP contribution in [0.3, 0.4) is 0 Å². The molecule has 0 saturated carbocycles. The summed E-state index contributed by atoms with van der Waals surface area (Å²) < 4.78 is 24.2. The molecular formula is C2H4Cl2O3S. The first-order chi connectivity index (χ1) is 3.56. The molecule has 0 aliphatic carbocycles. The Morgan fingerprint density at radius 2 is 2.00 bits per heavy atom. The summed E-state index contributed by atoms with van der Waals surface area (Å²) in [5.74, 6) is -0.530. The summed E-state index contributed by atoms with van der Waals surface area (Å²) in [6, 6.07) is -0.161. The number of hydrogen-bond acceptors (Lipinski definition) is 3. The van der Waals surface area contributed by atoms with Crippen molar-refractivity contribution in [1.82, 2.24) is 0 Å². The number of alkyl halides is 1. The van der Waals surface area contributed by atoms with Gasteiger partial charge in [-0.3, -0.25) is 0 Å². The molecule has 3 nitrogen and oxygen atoms in total. The Balaban J connectivity index is 3.42. The van der Waals surface area contributed by atoms with E-state index in [0.29, 0.717) is 0 Å². The first-order valence-electron chi connectivity index (χ1n) is 1.62. The minimum atomic E-state index is -3.52. The molecule has 0 aliphatic heterocycles. The van der Waals surface area contributed by atoms with Crippen molar-refractivity contribution in [2.45, 2.75) is 0 Å². The van der Waals surface area contributed by atoms with Crippen LogP contribution in [-0.2, 0) is 13.8 Å². The molecule has 0 unspecified atom stereocenters. The van der Waals surface area contributed by atoms with Crippen LogP contribution < -0.4 is 0 Å². The van der Waals surface area contributed by atoms with E-state index in [1.807, 2.05) is 0 Å². The summed E-state index contributed by atoms with van der Waals surface area (Å²) >= 11 is 4.96. The molecule has 0 heterocycles. The molecule has 0 aromatic carbocycles. The van der Waals surface area contributed by atoms with E-state index < -0.39 is 15.0 Å². The second-order valence-corrected chi connectivity index (χ2v) is 3.91. The highest BCUT2D eigenvalue weighted by Crippen LogP contribution is 1.96. The Morgan fingerprint density at radius 3 is 2.12 bits per heavy atom. The van der Waals surface area contributed by atoms with Crippen molar-refractivity contribution in [2.24, 2.45) is 0 Å². The van der Waals surface area contributed by atoms with Crippen LogP contribution in [0.2, 0.25) is 0 Å². The maximum absolute atomic E-state index is 9.97. The Kier molecular flexibility index (Phi) is 3.72. The fourth-order valence-electron chi connectivity index (χ4n) is 0.131. The molecule has 0 aromatic rings. The molecule has 0 amide bonds. The molecule has 0 rings (SSSR count). The van der Waals surface area contributed by atoms with E-state index in [-0.39, 0.29) is 6.07 Å². The molecule has 0 aromatic heterocycles. The Labute approximate surface area is 57.0 Å². The van der Waals surface area contributed by atoms with Gasteiger partial charge in [-0.2, -0.15) is 0 Å². The van der Waals surface area contributed by atoms with Gasteiger partial charge in [-0.05, 0) is 0 Å². The van der Waals surface area contributed by atoms with E-state index in [9.17, 15) is 8.42 Å². The van der Waals surface area contributed by atoms with Gasteiger partial charge in [0, 0.05) is 10.7 Å². The van der Waals surface area contributed by atoms with Gasteiger partial charge in [0.25, 0.3) is 9.05 Å². The molecule has 0 bridgehead atoms. The van der Waals surface area contributed by atoms with E-state index in [4.69, 9.17) is 22.3 Å². The van der Waals surface area contributed by atoms with Crippen LogP contribution in [0.25, 0.3) is 0 Å². The van der Waals surface area contributed by atoms with Crippen molar-refractivity contribution < 1.29 is 13.2 Å². The SMILES string of the molecule is O=S(=O)(Cl)COCCl. The van der Waals surface area contributed by atoms with Gasteiger partial charge in [0.05, 0.1) is 0 Å². The predicted octanol–water partition coefficient (Wildman–Crippen LogP) is 0.725. The van der Waals surface area contributed by atoms with Crippen LogP contribution >= 0.6 is 22.3 Å². The van der Waals surface area contributed by atoms with Gasteiger partial charge < -0.3 is 4.74 Å². The van der Waals surface area contributed by atoms with Gasteiger partial charge in [0.1, 0.15) is 6.07 Å². The van der Waals surface area contributed by atoms with Crippen LogP contribution in [0.4, 0.5) is 0 Å². The maximum atomic E-state index is 9.97. The summed E-state index contributed by atoms with van der Waals surface area (Å²) in [6.07, 6.45) is 0. The van der Waals surface area contributed by atoms with Crippen LogP contribution in [0.15, 0.2) is 0 Å². The summed E-state index contributed by atoms with van der Waals surface area (Å²) in [5.41, 5.74) is 0. The lowest BCUT2D eigenvalue weighted by Gasteiger charge is -1.91. The van der Waals surface area contributed by atoms with Gasteiger partial charge in [-0.15, -0.1) is 0 Å². The van der Waals surface area contributed by atoms with Gasteiger partial charge in [-0.1, -0.05) is 11.6 Å². The molecule has 0 aliphatic rings. The van der Waals surface area contributed by atoms with Crippen molar-refractivity contribution in [3.8, 4) is 0 Å². The third-order valence-electron chi connectivity index (χ3n) is 0.301. The highest BCUT2D eigenvalue weighted by molar-refractivity contribution is 8.13. The van der Waals surface area contributed by atoms with Gasteiger partial charge in [0.15, 0.2) is 5.94 Å². The zero-order valence-electron chi connectivity index (χ0n) is 3.80. The minimum Gasteiger partial charge on any atom is -0.349 e. The van der Waals surface area contributed by atoms with E-state index in [1.165, 1.54) is 0 Å². The smallest absolute Gasteiger partial charge is 0.256 e. The lowest BCUT2D eigenvalue weighted by Crippen LogP contribution is -2.00. The fourth-order valence-corrected chi connectivity index (χ4v) is 0.771. The van der Waals surface area contributed by atoms with E-state index in [0.717, 1.165) is 0 Å². The van der Waals surface area contributed by atoms with Crippen molar-refractivity contribution in [3.05, 3.63) is 0 Å². The van der Waals surface area contributed by atoms with Crippen molar-refractivity contribution >= 4 is 31.3 Å². The quantitative estimate of drug-likeness (QED) is 0.473. The first kappa shape index (κ1) is 8.49. The predicted molar refractivity (Wildman–Crippen MR) is 31.4 cm³/mol. The lowest BCUT2D eigenvalue weighted by atomic mass is 11.5. The molecule has 50 valence electrons. The molecule has 0 saturated heterocycles. The van der Waals surface area contributed by atoms with E-state index >= 15 is 0 Å². The molecular weight excluding hydrogens is 175 g/mol. The zero-order valence-corrected chi connectivity index (χ0v) is 6.13. The van der Waals surface area contributed by atoms with Gasteiger partial charge in [-0.25, -0.2) is 8.42 Å². The topological polar surface area (TPSA) is 43.4 Å². The second-order valence-electron chi connectivity index (χ2n) is 0.970. The van der Waals surface area contributed by atoms with Crippen molar-refractivity contribution in [1.29, 1.82) is 0 Å². The molecule has 0 fully saturated rings. The minimum absolute atomic E-state index is 0.161. The summed E-state index contributed by atoms with van der Waals surface area (Å²) in [5, 5.41) is 0. The molecule has 6 heteroatoms. The number of ether oxygens (including phenoxy) is 1.